The highest BCUT2D eigenvalue weighted by atomic mass is 32.1. The Bertz CT molecular complexity index is 607. The van der Waals surface area contributed by atoms with Crippen molar-refractivity contribution in [3.8, 4) is 0 Å². The number of thiazole rings is 1. The highest BCUT2D eigenvalue weighted by Gasteiger charge is 2.08. The molecule has 6 nitrogen and oxygen atoms in total. The van der Waals surface area contributed by atoms with Crippen LogP contribution < -0.4 is 10.6 Å². The van der Waals surface area contributed by atoms with Crippen LogP contribution in [0.1, 0.15) is 17.4 Å². The number of hydrogen-bond acceptors (Lipinski definition) is 5. The number of nitrogens with zero attached hydrogens (tertiary/aromatic N) is 1. The molecule has 0 aliphatic rings. The van der Waals surface area contributed by atoms with E-state index in [0.717, 1.165) is 5.69 Å². The van der Waals surface area contributed by atoms with Crippen molar-refractivity contribution in [2.24, 2.45) is 0 Å². The molecule has 0 radical (unpaired) electrons. The van der Waals surface area contributed by atoms with E-state index < -0.39 is 5.97 Å². The Labute approximate surface area is 113 Å². The summed E-state index contributed by atoms with van der Waals surface area (Å²) in [5.41, 5.74) is 1.48. The first-order chi connectivity index (χ1) is 9.04. The number of carboxylic acid groups (broad SMARTS) is 1. The van der Waals surface area contributed by atoms with Crippen LogP contribution in [0.4, 0.5) is 16.5 Å². The fraction of sp³-hybridized carbons (Fsp3) is 0.0833. The molecule has 0 aliphatic carbocycles. The molecule has 1 amide bonds. The average molecular weight is 277 g/mol. The molecule has 1 aromatic carbocycles. The van der Waals surface area contributed by atoms with Crippen molar-refractivity contribution < 1.29 is 14.7 Å². The number of carbonyl (C=O) groups excluding carboxylic acids is 1. The zero-order valence-electron chi connectivity index (χ0n) is 10.0. The minimum atomic E-state index is -1.05. The molecule has 19 heavy (non-hydrogen) atoms. The lowest BCUT2D eigenvalue weighted by molar-refractivity contribution is -0.114. The van der Waals surface area contributed by atoms with E-state index in [0.29, 0.717) is 10.8 Å². The van der Waals surface area contributed by atoms with Crippen LogP contribution in [0.3, 0.4) is 0 Å². The van der Waals surface area contributed by atoms with Crippen LogP contribution in [0.2, 0.25) is 0 Å². The van der Waals surface area contributed by atoms with Crippen molar-refractivity contribution in [1.82, 2.24) is 4.98 Å². The molecular formula is C12H11N3O3S. The highest BCUT2D eigenvalue weighted by molar-refractivity contribution is 7.14. The highest BCUT2D eigenvalue weighted by Crippen LogP contribution is 2.22. The van der Waals surface area contributed by atoms with Crippen LogP contribution in [0.25, 0.3) is 0 Å². The Kier molecular flexibility index (Phi) is 3.76. The first kappa shape index (κ1) is 13.0. The Morgan fingerprint density at radius 3 is 2.37 bits per heavy atom. The summed E-state index contributed by atoms with van der Waals surface area (Å²) in [6.07, 6.45) is 0. The number of nitrogens with one attached hydrogen (secondary N) is 2. The van der Waals surface area contributed by atoms with Crippen molar-refractivity contribution in [2.75, 3.05) is 10.6 Å². The van der Waals surface area contributed by atoms with Crippen LogP contribution in [0.5, 0.6) is 0 Å². The number of carbonyl (C=O) groups is 2. The molecule has 0 spiro atoms. The lowest BCUT2D eigenvalue weighted by Crippen LogP contribution is -2.05. The summed E-state index contributed by atoms with van der Waals surface area (Å²) < 4.78 is 0. The molecule has 0 aliphatic heterocycles. The lowest BCUT2D eigenvalue weighted by Gasteiger charge is -2.05. The number of aromatic carboxylic acids is 1. The standard InChI is InChI=1S/C12H11N3O3S/c1-7(16)13-8-2-4-9(5-3-8)14-12-15-10(6-19-12)11(17)18/h2-6H,1H3,(H,13,16)(H,14,15)(H,17,18). The van der Waals surface area contributed by atoms with Crippen molar-refractivity contribution in [2.45, 2.75) is 6.92 Å². The predicted octanol–water partition coefficient (Wildman–Crippen LogP) is 2.54. The minimum Gasteiger partial charge on any atom is -0.476 e. The van der Waals surface area contributed by atoms with E-state index in [4.69, 9.17) is 5.11 Å². The van der Waals surface area contributed by atoms with Crippen LogP contribution >= 0.6 is 11.3 Å². The third-order valence-corrected chi connectivity index (χ3v) is 2.94. The summed E-state index contributed by atoms with van der Waals surface area (Å²) in [4.78, 5) is 25.5. The third kappa shape index (κ3) is 3.52. The van der Waals surface area contributed by atoms with Crippen molar-refractivity contribution in [1.29, 1.82) is 0 Å². The molecule has 0 bridgehead atoms. The number of aromatic nitrogens is 1. The van der Waals surface area contributed by atoms with Crippen LogP contribution in [-0.2, 0) is 4.79 Å². The van der Waals surface area contributed by atoms with Crippen LogP contribution in [0.15, 0.2) is 29.6 Å². The smallest absolute Gasteiger partial charge is 0.355 e. The van der Waals surface area contributed by atoms with E-state index in [2.05, 4.69) is 15.6 Å². The SMILES string of the molecule is CC(=O)Nc1ccc(Nc2nc(C(=O)O)cs2)cc1. The molecule has 98 valence electrons. The van der Waals surface area contributed by atoms with Gasteiger partial charge in [-0.1, -0.05) is 0 Å². The van der Waals surface area contributed by atoms with Gasteiger partial charge < -0.3 is 15.7 Å². The maximum Gasteiger partial charge on any atom is 0.355 e. The van der Waals surface area contributed by atoms with Crippen molar-refractivity contribution in [3.63, 3.8) is 0 Å². The number of hydrogen-bond donors (Lipinski definition) is 3. The third-order valence-electron chi connectivity index (χ3n) is 2.18. The van der Waals surface area contributed by atoms with Gasteiger partial charge in [-0.3, -0.25) is 4.79 Å². The van der Waals surface area contributed by atoms with Gasteiger partial charge in [0.15, 0.2) is 10.8 Å². The molecule has 3 N–H and O–H groups in total. The number of anilines is 3. The second kappa shape index (κ2) is 5.49. The van der Waals surface area contributed by atoms with Crippen molar-refractivity contribution >= 4 is 39.7 Å². The summed E-state index contributed by atoms with van der Waals surface area (Å²) in [7, 11) is 0. The second-order valence-electron chi connectivity index (χ2n) is 3.73. The summed E-state index contributed by atoms with van der Waals surface area (Å²) in [5.74, 6) is -1.18. The minimum absolute atomic E-state index is 0.0161. The van der Waals surface area contributed by atoms with Gasteiger partial charge >= 0.3 is 5.97 Å². The fourth-order valence-electron chi connectivity index (χ4n) is 1.39. The molecule has 0 fully saturated rings. The quantitative estimate of drug-likeness (QED) is 0.798. The van der Waals surface area contributed by atoms with Gasteiger partial charge in [-0.2, -0.15) is 0 Å². The van der Waals surface area contributed by atoms with Crippen LogP contribution in [-0.4, -0.2) is 22.0 Å². The fourth-order valence-corrected chi connectivity index (χ4v) is 2.10. The topological polar surface area (TPSA) is 91.3 Å². The lowest BCUT2D eigenvalue weighted by atomic mass is 10.3. The Morgan fingerprint density at radius 1 is 1.21 bits per heavy atom. The first-order valence-corrected chi connectivity index (χ1v) is 6.26. The second-order valence-corrected chi connectivity index (χ2v) is 4.58. The summed E-state index contributed by atoms with van der Waals surface area (Å²) >= 11 is 1.21. The summed E-state index contributed by atoms with van der Waals surface area (Å²) in [5, 5.41) is 16.4. The number of amides is 1. The van der Waals surface area contributed by atoms with E-state index >= 15 is 0 Å². The van der Waals surface area contributed by atoms with E-state index in [1.807, 2.05) is 0 Å². The van der Waals surface area contributed by atoms with Gasteiger partial charge in [-0.05, 0) is 24.3 Å². The first-order valence-electron chi connectivity index (χ1n) is 5.38. The summed E-state index contributed by atoms with van der Waals surface area (Å²) in [6, 6.07) is 7.03. The molecule has 0 saturated heterocycles. The maximum atomic E-state index is 10.9. The average Bonchev–Trinajstić information content (AvgIpc) is 2.80. The Morgan fingerprint density at radius 2 is 1.84 bits per heavy atom. The number of carboxylic acids is 1. The molecule has 0 atom stereocenters. The van der Waals surface area contributed by atoms with E-state index in [1.54, 1.807) is 24.3 Å². The van der Waals surface area contributed by atoms with Gasteiger partial charge in [0.25, 0.3) is 0 Å². The number of rotatable bonds is 4. The zero-order valence-corrected chi connectivity index (χ0v) is 10.8. The van der Waals surface area contributed by atoms with E-state index in [1.165, 1.54) is 23.6 Å². The Balaban J connectivity index is 2.06. The molecule has 1 heterocycles. The predicted molar refractivity (Wildman–Crippen MR) is 73.1 cm³/mol. The maximum absolute atomic E-state index is 10.9. The summed E-state index contributed by atoms with van der Waals surface area (Å²) in [6.45, 7) is 1.44. The molecule has 7 heteroatoms. The van der Waals surface area contributed by atoms with Gasteiger partial charge in [0.05, 0.1) is 0 Å². The van der Waals surface area contributed by atoms with Crippen molar-refractivity contribution in [3.05, 3.63) is 35.3 Å². The molecule has 0 unspecified atom stereocenters. The van der Waals surface area contributed by atoms with Gasteiger partial charge in [0, 0.05) is 23.7 Å². The molecule has 2 rings (SSSR count). The molecular weight excluding hydrogens is 266 g/mol. The molecule has 1 aromatic heterocycles. The monoisotopic (exact) mass is 277 g/mol. The zero-order chi connectivity index (χ0) is 13.8. The van der Waals surface area contributed by atoms with Gasteiger partial charge in [-0.15, -0.1) is 11.3 Å². The van der Waals surface area contributed by atoms with E-state index in [-0.39, 0.29) is 11.6 Å². The number of benzene rings is 1. The van der Waals surface area contributed by atoms with E-state index in [9.17, 15) is 9.59 Å². The largest absolute Gasteiger partial charge is 0.476 e. The normalized spacial score (nSPS) is 9.95. The molecule has 0 saturated carbocycles. The van der Waals surface area contributed by atoms with Gasteiger partial charge in [0.1, 0.15) is 0 Å². The van der Waals surface area contributed by atoms with Gasteiger partial charge in [0.2, 0.25) is 5.91 Å². The van der Waals surface area contributed by atoms with Gasteiger partial charge in [-0.25, -0.2) is 9.78 Å². The Hall–Kier alpha value is -2.41. The molecule has 2 aromatic rings. The van der Waals surface area contributed by atoms with Crippen LogP contribution in [0, 0.1) is 0 Å².